The number of nitrogens with zero attached hydrogens (tertiary/aromatic N) is 4. The molecule has 27 heavy (non-hydrogen) atoms. The topological polar surface area (TPSA) is 41.9 Å². The normalized spacial score (nSPS) is 17.1. The third-order valence-electron chi connectivity index (χ3n) is 5.58. The summed E-state index contributed by atoms with van der Waals surface area (Å²) in [5.41, 5.74) is 6.19. The Hall–Kier alpha value is -2.75. The highest BCUT2D eigenvalue weighted by Crippen LogP contribution is 2.36. The van der Waals surface area contributed by atoms with Crippen LogP contribution in [0.1, 0.15) is 47.7 Å². The minimum absolute atomic E-state index is 0.373. The molecule has 4 nitrogen and oxygen atoms in total. The molecular formula is C23H26N4. The molecule has 138 valence electrons. The molecule has 1 aliphatic heterocycles. The zero-order valence-electron chi connectivity index (χ0n) is 16.3. The molecule has 4 heteroatoms. The van der Waals surface area contributed by atoms with Crippen molar-refractivity contribution < 1.29 is 0 Å². The number of hydrogen-bond donors (Lipinski definition) is 0. The Kier molecular flexibility index (Phi) is 4.88. The Morgan fingerprint density at radius 1 is 0.963 bits per heavy atom. The van der Waals surface area contributed by atoms with Crippen LogP contribution in [-0.2, 0) is 0 Å². The molecule has 1 aromatic carbocycles. The van der Waals surface area contributed by atoms with Crippen molar-refractivity contribution in [3.05, 3.63) is 71.2 Å². The molecule has 0 aliphatic carbocycles. The fourth-order valence-corrected chi connectivity index (χ4v) is 3.99. The van der Waals surface area contributed by atoms with Crippen molar-refractivity contribution in [1.82, 2.24) is 15.0 Å². The van der Waals surface area contributed by atoms with Gasteiger partial charge in [-0.3, -0.25) is 4.98 Å². The molecule has 0 unspecified atom stereocenters. The Bertz CT molecular complexity index is 936. The van der Waals surface area contributed by atoms with Crippen molar-refractivity contribution in [2.45, 2.75) is 46.1 Å². The summed E-state index contributed by atoms with van der Waals surface area (Å²) in [5, 5.41) is 0. The van der Waals surface area contributed by atoms with Gasteiger partial charge in [0.2, 0.25) is 0 Å². The lowest BCUT2D eigenvalue weighted by Gasteiger charge is -2.38. The summed E-state index contributed by atoms with van der Waals surface area (Å²) in [4.78, 5) is 16.2. The van der Waals surface area contributed by atoms with Gasteiger partial charge in [-0.25, -0.2) is 9.97 Å². The lowest BCUT2D eigenvalue weighted by molar-refractivity contribution is 0.468. The lowest BCUT2D eigenvalue weighted by atomic mass is 9.90. The Balaban J connectivity index is 1.76. The Morgan fingerprint density at radius 3 is 2.59 bits per heavy atom. The first-order valence-corrected chi connectivity index (χ1v) is 9.72. The number of piperidine rings is 1. The van der Waals surface area contributed by atoms with E-state index >= 15 is 0 Å². The van der Waals surface area contributed by atoms with Crippen LogP contribution in [0.25, 0.3) is 11.4 Å². The molecule has 0 spiro atoms. The molecule has 0 amide bonds. The number of benzene rings is 1. The quantitative estimate of drug-likeness (QED) is 0.646. The highest BCUT2D eigenvalue weighted by atomic mass is 15.2. The number of aromatic nitrogens is 3. The number of rotatable bonds is 3. The predicted molar refractivity (Wildman–Crippen MR) is 110 cm³/mol. The zero-order valence-corrected chi connectivity index (χ0v) is 16.3. The van der Waals surface area contributed by atoms with Crippen molar-refractivity contribution in [2.24, 2.45) is 0 Å². The van der Waals surface area contributed by atoms with Crippen LogP contribution in [0.15, 0.2) is 48.8 Å². The van der Waals surface area contributed by atoms with Crippen LogP contribution < -0.4 is 4.90 Å². The van der Waals surface area contributed by atoms with Gasteiger partial charge in [-0.1, -0.05) is 18.2 Å². The summed E-state index contributed by atoms with van der Waals surface area (Å²) < 4.78 is 0. The first kappa shape index (κ1) is 17.7. The highest BCUT2D eigenvalue weighted by Gasteiger charge is 2.27. The number of hydrogen-bond acceptors (Lipinski definition) is 4. The minimum Gasteiger partial charge on any atom is -0.349 e. The van der Waals surface area contributed by atoms with Crippen LogP contribution in [0.4, 0.5) is 5.82 Å². The average Bonchev–Trinajstić information content (AvgIpc) is 2.70. The molecule has 3 heterocycles. The monoisotopic (exact) mass is 358 g/mol. The molecule has 4 rings (SSSR count). The van der Waals surface area contributed by atoms with Gasteiger partial charge in [0.15, 0.2) is 5.82 Å². The van der Waals surface area contributed by atoms with Gasteiger partial charge < -0.3 is 4.90 Å². The maximum Gasteiger partial charge on any atom is 0.161 e. The van der Waals surface area contributed by atoms with Gasteiger partial charge in [0.1, 0.15) is 5.82 Å². The van der Waals surface area contributed by atoms with Crippen LogP contribution in [0.2, 0.25) is 0 Å². The van der Waals surface area contributed by atoms with Gasteiger partial charge >= 0.3 is 0 Å². The average molecular weight is 358 g/mol. The largest absolute Gasteiger partial charge is 0.349 e. The summed E-state index contributed by atoms with van der Waals surface area (Å²) in [6.45, 7) is 7.52. The van der Waals surface area contributed by atoms with Gasteiger partial charge in [-0.2, -0.15) is 0 Å². The van der Waals surface area contributed by atoms with Gasteiger partial charge in [-0.05, 0) is 68.9 Å². The maximum absolute atomic E-state index is 4.94. The summed E-state index contributed by atoms with van der Waals surface area (Å²) in [6.07, 6.45) is 7.21. The summed E-state index contributed by atoms with van der Waals surface area (Å²) in [7, 11) is 0. The maximum atomic E-state index is 4.94. The number of anilines is 1. The van der Waals surface area contributed by atoms with Crippen LogP contribution >= 0.6 is 0 Å². The van der Waals surface area contributed by atoms with Gasteiger partial charge in [0, 0.05) is 36.3 Å². The SMILES string of the molecule is Cc1cc(N2CCCC[C@@H]2c2cccc(C)c2C)nc(-c2ccncc2)n1. The van der Waals surface area contributed by atoms with E-state index in [0.717, 1.165) is 35.9 Å². The lowest BCUT2D eigenvalue weighted by Crippen LogP contribution is -2.34. The van der Waals surface area contributed by atoms with E-state index in [4.69, 9.17) is 4.98 Å². The van der Waals surface area contributed by atoms with Crippen LogP contribution in [0.5, 0.6) is 0 Å². The van der Waals surface area contributed by atoms with E-state index in [0.29, 0.717) is 6.04 Å². The second kappa shape index (κ2) is 7.47. The highest BCUT2D eigenvalue weighted by molar-refractivity contribution is 5.58. The third kappa shape index (κ3) is 3.57. The second-order valence-electron chi connectivity index (χ2n) is 7.42. The molecule has 0 radical (unpaired) electrons. The molecular weight excluding hydrogens is 332 g/mol. The fraction of sp³-hybridized carbons (Fsp3) is 0.348. The molecule has 0 bridgehead atoms. The molecule has 2 aromatic heterocycles. The van der Waals surface area contributed by atoms with Crippen molar-refractivity contribution >= 4 is 5.82 Å². The molecule has 0 saturated carbocycles. The number of pyridine rings is 1. The van der Waals surface area contributed by atoms with E-state index in [1.165, 1.54) is 29.5 Å². The van der Waals surface area contributed by atoms with E-state index in [1.54, 1.807) is 12.4 Å². The van der Waals surface area contributed by atoms with Crippen LogP contribution in [0.3, 0.4) is 0 Å². The Labute approximate surface area is 161 Å². The molecule has 1 aliphatic rings. The summed E-state index contributed by atoms with van der Waals surface area (Å²) in [6, 6.07) is 13.1. The van der Waals surface area contributed by atoms with E-state index in [2.05, 4.69) is 53.0 Å². The van der Waals surface area contributed by atoms with Crippen LogP contribution in [-0.4, -0.2) is 21.5 Å². The smallest absolute Gasteiger partial charge is 0.161 e. The van der Waals surface area contributed by atoms with Gasteiger partial charge in [-0.15, -0.1) is 0 Å². The first-order chi connectivity index (χ1) is 13.1. The molecule has 1 saturated heterocycles. The summed E-state index contributed by atoms with van der Waals surface area (Å²) in [5.74, 6) is 1.80. The summed E-state index contributed by atoms with van der Waals surface area (Å²) >= 11 is 0. The van der Waals surface area contributed by atoms with E-state index in [1.807, 2.05) is 19.1 Å². The van der Waals surface area contributed by atoms with Gasteiger partial charge in [0.05, 0.1) is 6.04 Å². The Morgan fingerprint density at radius 2 is 1.78 bits per heavy atom. The molecule has 0 N–H and O–H groups in total. The van der Waals surface area contributed by atoms with Crippen molar-refractivity contribution in [3.63, 3.8) is 0 Å². The second-order valence-corrected chi connectivity index (χ2v) is 7.42. The standard InChI is InChI=1S/C23H26N4/c1-16-7-6-8-20(18(16)3)21-9-4-5-14-27(21)22-15-17(2)25-23(26-22)19-10-12-24-13-11-19/h6-8,10-13,15,21H,4-5,9,14H2,1-3H3/t21-/m1/s1. The molecule has 1 atom stereocenters. The number of aryl methyl sites for hydroxylation is 2. The van der Waals surface area contributed by atoms with Crippen molar-refractivity contribution in [2.75, 3.05) is 11.4 Å². The zero-order chi connectivity index (χ0) is 18.8. The van der Waals surface area contributed by atoms with Gasteiger partial charge in [0.25, 0.3) is 0 Å². The molecule has 3 aromatic rings. The first-order valence-electron chi connectivity index (χ1n) is 9.72. The fourth-order valence-electron chi connectivity index (χ4n) is 3.99. The predicted octanol–water partition coefficient (Wildman–Crippen LogP) is 5.20. The molecule has 1 fully saturated rings. The minimum atomic E-state index is 0.373. The third-order valence-corrected chi connectivity index (χ3v) is 5.58. The van der Waals surface area contributed by atoms with E-state index in [-0.39, 0.29) is 0 Å². The van der Waals surface area contributed by atoms with E-state index in [9.17, 15) is 0 Å². The van der Waals surface area contributed by atoms with Crippen LogP contribution in [0, 0.1) is 20.8 Å². The van der Waals surface area contributed by atoms with Crippen molar-refractivity contribution in [1.29, 1.82) is 0 Å². The van der Waals surface area contributed by atoms with E-state index < -0.39 is 0 Å². The van der Waals surface area contributed by atoms with Crippen molar-refractivity contribution in [3.8, 4) is 11.4 Å².